The smallest absolute Gasteiger partial charge is 0.193 e. The molecular formula is C21H15BrO. The van der Waals surface area contributed by atoms with E-state index in [4.69, 9.17) is 0 Å². The van der Waals surface area contributed by atoms with Gasteiger partial charge < -0.3 is 0 Å². The highest BCUT2D eigenvalue weighted by atomic mass is 79.9. The van der Waals surface area contributed by atoms with Gasteiger partial charge in [-0.15, -0.1) is 0 Å². The van der Waals surface area contributed by atoms with Gasteiger partial charge in [-0.3, -0.25) is 4.79 Å². The molecule has 0 saturated heterocycles. The van der Waals surface area contributed by atoms with Crippen molar-refractivity contribution in [3.8, 4) is 0 Å². The molecule has 2 heteroatoms. The Kier molecular flexibility index (Phi) is 4.84. The molecule has 0 saturated carbocycles. The summed E-state index contributed by atoms with van der Waals surface area (Å²) in [6, 6.07) is 27.1. The highest BCUT2D eigenvalue weighted by Gasteiger charge is 2.14. The van der Waals surface area contributed by atoms with E-state index >= 15 is 0 Å². The van der Waals surface area contributed by atoms with Gasteiger partial charge in [0.25, 0.3) is 0 Å². The van der Waals surface area contributed by atoms with Crippen LogP contribution in [-0.2, 0) is 0 Å². The molecule has 0 aliphatic heterocycles. The standard InChI is InChI=1S/C21H15BrO/c22-19-13-11-16(12-14-19)15-20(17-7-3-1-4-8-17)21(23)18-9-5-2-6-10-18/h1-15H/b20-15+. The second-order valence-electron chi connectivity index (χ2n) is 5.17. The summed E-state index contributed by atoms with van der Waals surface area (Å²) in [5.41, 5.74) is 3.31. The summed E-state index contributed by atoms with van der Waals surface area (Å²) in [6.45, 7) is 0. The Morgan fingerprint density at radius 1 is 0.696 bits per heavy atom. The zero-order valence-corrected chi connectivity index (χ0v) is 14.0. The highest BCUT2D eigenvalue weighted by Crippen LogP contribution is 2.23. The second kappa shape index (κ2) is 7.21. The monoisotopic (exact) mass is 362 g/mol. The predicted octanol–water partition coefficient (Wildman–Crippen LogP) is 5.87. The maximum atomic E-state index is 12.9. The molecule has 3 aromatic rings. The minimum Gasteiger partial charge on any atom is -0.289 e. The third-order valence-electron chi connectivity index (χ3n) is 3.55. The number of benzene rings is 3. The molecule has 23 heavy (non-hydrogen) atoms. The van der Waals surface area contributed by atoms with E-state index < -0.39 is 0 Å². The molecular weight excluding hydrogens is 348 g/mol. The van der Waals surface area contributed by atoms with Crippen molar-refractivity contribution in [2.45, 2.75) is 0 Å². The van der Waals surface area contributed by atoms with Gasteiger partial charge in [-0.1, -0.05) is 88.7 Å². The molecule has 0 fully saturated rings. The van der Waals surface area contributed by atoms with Crippen molar-refractivity contribution >= 4 is 33.4 Å². The maximum Gasteiger partial charge on any atom is 0.193 e. The first-order valence-electron chi connectivity index (χ1n) is 7.36. The fraction of sp³-hybridized carbons (Fsp3) is 0. The van der Waals surface area contributed by atoms with Crippen molar-refractivity contribution in [1.82, 2.24) is 0 Å². The number of Topliss-reactive ketones (excluding diaryl/α,β-unsaturated/α-hetero) is 1. The lowest BCUT2D eigenvalue weighted by Gasteiger charge is -2.08. The van der Waals surface area contributed by atoms with E-state index in [9.17, 15) is 4.79 Å². The van der Waals surface area contributed by atoms with Gasteiger partial charge in [0.15, 0.2) is 5.78 Å². The molecule has 0 aliphatic carbocycles. The average Bonchev–Trinajstić information content (AvgIpc) is 2.62. The van der Waals surface area contributed by atoms with Crippen LogP contribution in [0.15, 0.2) is 89.4 Å². The van der Waals surface area contributed by atoms with E-state index in [1.54, 1.807) is 0 Å². The summed E-state index contributed by atoms with van der Waals surface area (Å²) in [5.74, 6) is 0.0275. The minimum absolute atomic E-state index is 0.0275. The van der Waals surface area contributed by atoms with Gasteiger partial charge in [0.1, 0.15) is 0 Å². The number of rotatable bonds is 4. The van der Waals surface area contributed by atoms with Crippen molar-refractivity contribution in [2.24, 2.45) is 0 Å². The molecule has 0 bridgehead atoms. The number of carbonyl (C=O) groups excluding carboxylic acids is 1. The number of hydrogen-bond donors (Lipinski definition) is 0. The van der Waals surface area contributed by atoms with Gasteiger partial charge in [-0.05, 0) is 29.3 Å². The van der Waals surface area contributed by atoms with Gasteiger partial charge in [0.05, 0.1) is 0 Å². The molecule has 112 valence electrons. The third-order valence-corrected chi connectivity index (χ3v) is 4.08. The summed E-state index contributed by atoms with van der Waals surface area (Å²) in [5, 5.41) is 0. The van der Waals surface area contributed by atoms with Gasteiger partial charge >= 0.3 is 0 Å². The number of hydrogen-bond acceptors (Lipinski definition) is 1. The molecule has 0 aliphatic rings. The fourth-order valence-electron chi connectivity index (χ4n) is 2.37. The van der Waals surface area contributed by atoms with Crippen LogP contribution >= 0.6 is 15.9 Å². The Bertz CT molecular complexity index is 819. The number of halogens is 1. The summed E-state index contributed by atoms with van der Waals surface area (Å²) >= 11 is 3.43. The molecule has 0 unspecified atom stereocenters. The average molecular weight is 363 g/mol. The minimum atomic E-state index is 0.0275. The van der Waals surface area contributed by atoms with Crippen LogP contribution in [-0.4, -0.2) is 5.78 Å². The Labute approximate surface area is 144 Å². The van der Waals surface area contributed by atoms with Crippen LogP contribution in [0, 0.1) is 0 Å². The molecule has 3 aromatic carbocycles. The van der Waals surface area contributed by atoms with Crippen LogP contribution in [0.4, 0.5) is 0 Å². The van der Waals surface area contributed by atoms with E-state index in [0.29, 0.717) is 11.1 Å². The quantitative estimate of drug-likeness (QED) is 0.322. The van der Waals surface area contributed by atoms with Crippen LogP contribution in [0.3, 0.4) is 0 Å². The molecule has 0 aromatic heterocycles. The van der Waals surface area contributed by atoms with Gasteiger partial charge in [0, 0.05) is 15.6 Å². The molecule has 0 radical (unpaired) electrons. The summed E-state index contributed by atoms with van der Waals surface area (Å²) in [6.07, 6.45) is 1.94. The largest absolute Gasteiger partial charge is 0.289 e. The lowest BCUT2D eigenvalue weighted by Crippen LogP contribution is -2.02. The predicted molar refractivity (Wildman–Crippen MR) is 99.2 cm³/mol. The Morgan fingerprint density at radius 2 is 1.22 bits per heavy atom. The van der Waals surface area contributed by atoms with Crippen LogP contribution in [0.1, 0.15) is 21.5 Å². The Morgan fingerprint density at radius 3 is 1.78 bits per heavy atom. The molecule has 1 nitrogen and oxygen atoms in total. The molecule has 3 rings (SSSR count). The van der Waals surface area contributed by atoms with Gasteiger partial charge in [-0.25, -0.2) is 0 Å². The third kappa shape index (κ3) is 3.85. The number of allylic oxidation sites excluding steroid dienone is 1. The van der Waals surface area contributed by atoms with Crippen molar-refractivity contribution in [1.29, 1.82) is 0 Å². The second-order valence-corrected chi connectivity index (χ2v) is 6.09. The van der Waals surface area contributed by atoms with Gasteiger partial charge in [0.2, 0.25) is 0 Å². The van der Waals surface area contributed by atoms with Crippen LogP contribution in [0.5, 0.6) is 0 Å². The Balaban J connectivity index is 2.07. The lowest BCUT2D eigenvalue weighted by molar-refractivity contribution is 0.105. The summed E-state index contributed by atoms with van der Waals surface area (Å²) in [7, 11) is 0. The summed E-state index contributed by atoms with van der Waals surface area (Å²) in [4.78, 5) is 12.9. The van der Waals surface area contributed by atoms with E-state index in [2.05, 4.69) is 15.9 Å². The first-order valence-corrected chi connectivity index (χ1v) is 8.16. The molecule has 0 atom stereocenters. The first kappa shape index (κ1) is 15.4. The Hall–Kier alpha value is -2.45. The van der Waals surface area contributed by atoms with Gasteiger partial charge in [-0.2, -0.15) is 0 Å². The topological polar surface area (TPSA) is 17.1 Å². The number of ketones is 1. The van der Waals surface area contributed by atoms with Crippen molar-refractivity contribution in [3.63, 3.8) is 0 Å². The normalized spacial score (nSPS) is 11.3. The molecule has 0 heterocycles. The van der Waals surface area contributed by atoms with E-state index in [1.165, 1.54) is 0 Å². The fourth-order valence-corrected chi connectivity index (χ4v) is 2.63. The molecule has 0 spiro atoms. The zero-order valence-electron chi connectivity index (χ0n) is 12.4. The first-order chi connectivity index (χ1) is 11.2. The molecule has 0 amide bonds. The lowest BCUT2D eigenvalue weighted by atomic mass is 9.95. The maximum absolute atomic E-state index is 12.9. The zero-order chi connectivity index (χ0) is 16.1. The number of carbonyl (C=O) groups is 1. The SMILES string of the molecule is O=C(/C(=C/c1ccc(Br)cc1)c1ccccc1)c1ccccc1. The van der Waals surface area contributed by atoms with E-state index in [0.717, 1.165) is 15.6 Å². The van der Waals surface area contributed by atoms with Crippen molar-refractivity contribution in [2.75, 3.05) is 0 Å². The summed E-state index contributed by atoms with van der Waals surface area (Å²) < 4.78 is 1.02. The highest BCUT2D eigenvalue weighted by molar-refractivity contribution is 9.10. The van der Waals surface area contributed by atoms with Crippen LogP contribution < -0.4 is 0 Å². The van der Waals surface area contributed by atoms with E-state index in [1.807, 2.05) is 91.0 Å². The van der Waals surface area contributed by atoms with Crippen LogP contribution in [0.25, 0.3) is 11.6 Å². The van der Waals surface area contributed by atoms with Crippen LogP contribution in [0.2, 0.25) is 0 Å². The van der Waals surface area contributed by atoms with Crippen molar-refractivity contribution < 1.29 is 4.79 Å². The van der Waals surface area contributed by atoms with E-state index in [-0.39, 0.29) is 5.78 Å². The molecule has 0 N–H and O–H groups in total. The van der Waals surface area contributed by atoms with Crippen molar-refractivity contribution in [3.05, 3.63) is 106 Å².